The predicted octanol–water partition coefficient (Wildman–Crippen LogP) is 2.75. The first-order valence-electron chi connectivity index (χ1n) is 6.64. The topological polar surface area (TPSA) is 26.0 Å². The van der Waals surface area contributed by atoms with Crippen molar-refractivity contribution in [2.45, 2.75) is 32.1 Å². The standard InChI is InChI=1S/C13H23NS/c14-1-2-15-8-13-11-4-9-3-10(6-11)7-12(13)5-9/h9-13H,1-8,14H2. The Morgan fingerprint density at radius 3 is 2.07 bits per heavy atom. The lowest BCUT2D eigenvalue weighted by Crippen LogP contribution is -2.46. The minimum Gasteiger partial charge on any atom is -0.330 e. The highest BCUT2D eigenvalue weighted by atomic mass is 32.2. The molecule has 4 bridgehead atoms. The zero-order chi connectivity index (χ0) is 10.3. The summed E-state index contributed by atoms with van der Waals surface area (Å²) >= 11 is 2.11. The lowest BCUT2D eigenvalue weighted by atomic mass is 9.52. The minimum absolute atomic E-state index is 0.859. The Kier molecular flexibility index (Phi) is 2.99. The molecule has 0 aromatic carbocycles. The fourth-order valence-corrected chi connectivity index (χ4v) is 5.76. The van der Waals surface area contributed by atoms with Gasteiger partial charge in [-0.15, -0.1) is 0 Å². The molecular formula is C13H23NS. The van der Waals surface area contributed by atoms with E-state index in [0.717, 1.165) is 36.1 Å². The van der Waals surface area contributed by atoms with E-state index in [1.165, 1.54) is 11.5 Å². The van der Waals surface area contributed by atoms with E-state index < -0.39 is 0 Å². The van der Waals surface area contributed by atoms with Crippen LogP contribution >= 0.6 is 11.8 Å². The second-order valence-electron chi connectivity index (χ2n) is 5.96. The SMILES string of the molecule is NCCSCC1C2CC3CC(C2)CC1C3. The summed E-state index contributed by atoms with van der Waals surface area (Å²) in [6.07, 6.45) is 7.86. The van der Waals surface area contributed by atoms with Crippen molar-refractivity contribution in [1.29, 1.82) is 0 Å². The Hall–Kier alpha value is 0.310. The average Bonchev–Trinajstić information content (AvgIpc) is 2.21. The summed E-state index contributed by atoms with van der Waals surface area (Å²) in [7, 11) is 0. The highest BCUT2D eigenvalue weighted by Gasteiger charge is 2.47. The van der Waals surface area contributed by atoms with Crippen molar-refractivity contribution in [2.75, 3.05) is 18.1 Å². The maximum atomic E-state index is 5.57. The van der Waals surface area contributed by atoms with E-state index in [4.69, 9.17) is 5.73 Å². The van der Waals surface area contributed by atoms with Crippen molar-refractivity contribution in [3.8, 4) is 0 Å². The van der Waals surface area contributed by atoms with Crippen LogP contribution in [0.1, 0.15) is 32.1 Å². The van der Waals surface area contributed by atoms with E-state index in [1.807, 2.05) is 0 Å². The first-order chi connectivity index (χ1) is 7.36. The predicted molar refractivity (Wildman–Crippen MR) is 66.9 cm³/mol. The quantitative estimate of drug-likeness (QED) is 0.745. The summed E-state index contributed by atoms with van der Waals surface area (Å²) in [5, 5.41) is 0. The molecule has 4 fully saturated rings. The average molecular weight is 225 g/mol. The second kappa shape index (κ2) is 4.29. The molecule has 0 spiro atoms. The molecule has 0 aromatic heterocycles. The summed E-state index contributed by atoms with van der Waals surface area (Å²) in [6.45, 7) is 0.859. The first-order valence-corrected chi connectivity index (χ1v) is 7.80. The highest BCUT2D eigenvalue weighted by Crippen LogP contribution is 2.56. The first kappa shape index (κ1) is 10.5. The molecule has 0 saturated heterocycles. The van der Waals surface area contributed by atoms with Crippen molar-refractivity contribution in [1.82, 2.24) is 0 Å². The summed E-state index contributed by atoms with van der Waals surface area (Å²) in [4.78, 5) is 0. The van der Waals surface area contributed by atoms with Crippen LogP contribution in [0.5, 0.6) is 0 Å². The Bertz CT molecular complexity index is 201. The van der Waals surface area contributed by atoms with Gasteiger partial charge in [0.1, 0.15) is 0 Å². The van der Waals surface area contributed by atoms with E-state index in [9.17, 15) is 0 Å². The van der Waals surface area contributed by atoms with E-state index >= 15 is 0 Å². The summed E-state index contributed by atoms with van der Waals surface area (Å²) in [6, 6.07) is 0. The van der Waals surface area contributed by atoms with Gasteiger partial charge in [-0.05, 0) is 67.4 Å². The van der Waals surface area contributed by atoms with Crippen LogP contribution < -0.4 is 5.73 Å². The number of thioether (sulfide) groups is 1. The maximum Gasteiger partial charge on any atom is 0.00559 e. The van der Waals surface area contributed by atoms with Crippen molar-refractivity contribution >= 4 is 11.8 Å². The van der Waals surface area contributed by atoms with Crippen molar-refractivity contribution in [2.24, 2.45) is 35.3 Å². The zero-order valence-corrected chi connectivity index (χ0v) is 10.3. The largest absolute Gasteiger partial charge is 0.330 e. The molecule has 2 N–H and O–H groups in total. The molecule has 0 aromatic rings. The van der Waals surface area contributed by atoms with E-state index in [0.29, 0.717) is 0 Å². The molecule has 2 heteroatoms. The lowest BCUT2D eigenvalue weighted by Gasteiger charge is -2.54. The molecule has 0 heterocycles. The van der Waals surface area contributed by atoms with Crippen LogP contribution in [0.4, 0.5) is 0 Å². The van der Waals surface area contributed by atoms with Crippen molar-refractivity contribution in [3.63, 3.8) is 0 Å². The maximum absolute atomic E-state index is 5.57. The fourth-order valence-electron chi connectivity index (χ4n) is 4.61. The third-order valence-electron chi connectivity index (χ3n) is 4.99. The van der Waals surface area contributed by atoms with Gasteiger partial charge in [-0.2, -0.15) is 11.8 Å². The number of hydrogen-bond acceptors (Lipinski definition) is 2. The van der Waals surface area contributed by atoms with Gasteiger partial charge in [-0.25, -0.2) is 0 Å². The van der Waals surface area contributed by atoms with Crippen LogP contribution in [0.25, 0.3) is 0 Å². The summed E-state index contributed by atoms with van der Waals surface area (Å²) in [5.41, 5.74) is 5.57. The Morgan fingerprint density at radius 2 is 1.53 bits per heavy atom. The molecule has 4 rings (SSSR count). The van der Waals surface area contributed by atoms with Crippen molar-refractivity contribution < 1.29 is 0 Å². The Labute approximate surface area is 97.6 Å². The van der Waals surface area contributed by atoms with Gasteiger partial charge in [-0.1, -0.05) is 0 Å². The molecule has 0 aliphatic heterocycles. The molecule has 4 saturated carbocycles. The number of hydrogen-bond donors (Lipinski definition) is 1. The van der Waals surface area contributed by atoms with Gasteiger partial charge in [0, 0.05) is 12.3 Å². The normalized spacial score (nSPS) is 47.4. The van der Waals surface area contributed by atoms with Gasteiger partial charge in [0.15, 0.2) is 0 Å². The molecule has 0 unspecified atom stereocenters. The minimum atomic E-state index is 0.859. The molecule has 0 atom stereocenters. The molecule has 86 valence electrons. The molecule has 15 heavy (non-hydrogen) atoms. The second-order valence-corrected chi connectivity index (χ2v) is 7.11. The smallest absolute Gasteiger partial charge is 0.00559 e. The lowest BCUT2D eigenvalue weighted by molar-refractivity contribution is -0.0261. The number of rotatable bonds is 4. The van der Waals surface area contributed by atoms with Crippen LogP contribution in [0, 0.1) is 29.6 Å². The summed E-state index contributed by atoms with van der Waals surface area (Å²) in [5.74, 6) is 8.10. The van der Waals surface area contributed by atoms with E-state index in [-0.39, 0.29) is 0 Å². The van der Waals surface area contributed by atoms with Crippen LogP contribution in [-0.4, -0.2) is 18.1 Å². The monoisotopic (exact) mass is 225 g/mol. The van der Waals surface area contributed by atoms with Crippen LogP contribution in [0.15, 0.2) is 0 Å². The third-order valence-corrected chi connectivity index (χ3v) is 6.14. The van der Waals surface area contributed by atoms with Gasteiger partial charge >= 0.3 is 0 Å². The number of nitrogens with two attached hydrogens (primary N) is 1. The molecule has 4 aliphatic carbocycles. The Morgan fingerprint density at radius 1 is 0.933 bits per heavy atom. The third kappa shape index (κ3) is 1.95. The van der Waals surface area contributed by atoms with E-state index in [2.05, 4.69) is 11.8 Å². The van der Waals surface area contributed by atoms with Crippen molar-refractivity contribution in [3.05, 3.63) is 0 Å². The van der Waals surface area contributed by atoms with Crippen LogP contribution in [0.2, 0.25) is 0 Å². The van der Waals surface area contributed by atoms with Gasteiger partial charge in [0.2, 0.25) is 0 Å². The molecule has 0 amide bonds. The van der Waals surface area contributed by atoms with E-state index in [1.54, 1.807) is 32.1 Å². The molecule has 4 aliphatic rings. The fraction of sp³-hybridized carbons (Fsp3) is 1.00. The van der Waals surface area contributed by atoms with Gasteiger partial charge in [-0.3, -0.25) is 0 Å². The Balaban J connectivity index is 1.60. The van der Waals surface area contributed by atoms with Crippen LogP contribution in [0.3, 0.4) is 0 Å². The molecular weight excluding hydrogens is 202 g/mol. The van der Waals surface area contributed by atoms with Gasteiger partial charge in [0.25, 0.3) is 0 Å². The zero-order valence-electron chi connectivity index (χ0n) is 9.53. The van der Waals surface area contributed by atoms with Gasteiger partial charge in [0.05, 0.1) is 0 Å². The van der Waals surface area contributed by atoms with Gasteiger partial charge < -0.3 is 5.73 Å². The molecule has 1 nitrogen and oxygen atoms in total. The van der Waals surface area contributed by atoms with Crippen LogP contribution in [-0.2, 0) is 0 Å². The highest BCUT2D eigenvalue weighted by molar-refractivity contribution is 7.99. The molecule has 0 radical (unpaired) electrons. The summed E-state index contributed by atoms with van der Waals surface area (Å²) < 4.78 is 0.